The van der Waals surface area contributed by atoms with E-state index in [1.165, 1.54) is 5.56 Å². The predicted molar refractivity (Wildman–Crippen MR) is 109 cm³/mol. The number of carbonyl (C=O) groups is 1. The van der Waals surface area contributed by atoms with Gasteiger partial charge in [-0.3, -0.25) is 4.98 Å². The fourth-order valence-corrected chi connectivity index (χ4v) is 4.87. The van der Waals surface area contributed by atoms with Crippen molar-refractivity contribution >= 4 is 6.09 Å². The Balaban J connectivity index is 1.10. The number of hydrogen-bond acceptors (Lipinski definition) is 5. The Kier molecular flexibility index (Phi) is 4.66. The van der Waals surface area contributed by atoms with E-state index in [0.717, 1.165) is 55.9 Å². The van der Waals surface area contributed by atoms with E-state index in [0.29, 0.717) is 6.61 Å². The first-order chi connectivity index (χ1) is 14.1. The van der Waals surface area contributed by atoms with Crippen molar-refractivity contribution in [1.29, 1.82) is 0 Å². The number of ether oxygens (including phenoxy) is 2. The van der Waals surface area contributed by atoms with Gasteiger partial charge in [0.25, 0.3) is 0 Å². The second-order valence-electron chi connectivity index (χ2n) is 8.64. The number of amides is 1. The normalized spacial score (nSPS) is 22.4. The van der Waals surface area contributed by atoms with Crippen molar-refractivity contribution in [3.63, 3.8) is 0 Å². The molecular weight excluding hydrogens is 366 g/mol. The average molecular weight is 393 g/mol. The van der Waals surface area contributed by atoms with Crippen LogP contribution in [0.2, 0.25) is 0 Å². The lowest BCUT2D eigenvalue weighted by Gasteiger charge is -2.57. The molecule has 152 valence electrons. The topological polar surface area (TPSA) is 63.7 Å². The summed E-state index contributed by atoms with van der Waals surface area (Å²) >= 11 is 0. The summed E-state index contributed by atoms with van der Waals surface area (Å²) in [6.07, 6.45) is 4.82. The van der Waals surface area contributed by atoms with Crippen molar-refractivity contribution in [2.45, 2.75) is 44.9 Å². The van der Waals surface area contributed by atoms with Crippen LogP contribution in [0, 0.1) is 5.41 Å². The van der Waals surface area contributed by atoms with Crippen LogP contribution in [0.4, 0.5) is 4.79 Å². The van der Waals surface area contributed by atoms with E-state index in [1.54, 1.807) is 4.90 Å². The number of likely N-dealkylation sites (tertiary alicyclic amines) is 1. The third kappa shape index (κ3) is 3.57. The summed E-state index contributed by atoms with van der Waals surface area (Å²) < 4.78 is 11.8. The zero-order valence-electron chi connectivity index (χ0n) is 16.8. The highest BCUT2D eigenvalue weighted by molar-refractivity contribution is 5.69. The molecule has 1 saturated heterocycles. The van der Waals surface area contributed by atoms with Crippen LogP contribution in [0.3, 0.4) is 0 Å². The minimum Gasteiger partial charge on any atom is -0.490 e. The van der Waals surface area contributed by atoms with E-state index in [4.69, 9.17) is 9.47 Å². The van der Waals surface area contributed by atoms with Gasteiger partial charge in [0.15, 0.2) is 0 Å². The number of nitrogens with zero attached hydrogens (tertiary/aromatic N) is 2. The van der Waals surface area contributed by atoms with Gasteiger partial charge in [-0.25, -0.2) is 4.79 Å². The highest BCUT2D eigenvalue weighted by Crippen LogP contribution is 2.50. The van der Waals surface area contributed by atoms with E-state index < -0.39 is 0 Å². The first kappa shape index (κ1) is 18.4. The maximum atomic E-state index is 12.2. The lowest BCUT2D eigenvalue weighted by atomic mass is 9.62. The Morgan fingerprint density at radius 2 is 2.03 bits per heavy atom. The van der Waals surface area contributed by atoms with E-state index in [9.17, 15) is 4.79 Å². The van der Waals surface area contributed by atoms with Gasteiger partial charge < -0.3 is 19.7 Å². The van der Waals surface area contributed by atoms with Crippen LogP contribution < -0.4 is 10.1 Å². The van der Waals surface area contributed by atoms with Gasteiger partial charge >= 0.3 is 6.09 Å². The number of aromatic nitrogens is 1. The summed E-state index contributed by atoms with van der Waals surface area (Å²) in [5.74, 6) is 0.988. The molecule has 1 aromatic carbocycles. The summed E-state index contributed by atoms with van der Waals surface area (Å²) in [5, 5.41) is 3.45. The summed E-state index contributed by atoms with van der Waals surface area (Å²) in [6, 6.07) is 12.1. The molecule has 1 aliphatic carbocycles. The van der Waals surface area contributed by atoms with Crippen molar-refractivity contribution in [2.75, 3.05) is 19.6 Å². The number of rotatable bonds is 4. The quantitative estimate of drug-likeness (QED) is 0.862. The third-order valence-electron chi connectivity index (χ3n) is 6.41. The van der Waals surface area contributed by atoms with Gasteiger partial charge in [-0.2, -0.15) is 0 Å². The highest BCUT2D eigenvalue weighted by atomic mass is 16.6. The van der Waals surface area contributed by atoms with Gasteiger partial charge in [0.1, 0.15) is 18.5 Å². The molecule has 1 atom stereocenters. The van der Waals surface area contributed by atoms with E-state index in [2.05, 4.69) is 17.2 Å². The molecule has 6 nitrogen and oxygen atoms in total. The second kappa shape index (κ2) is 7.34. The van der Waals surface area contributed by atoms with Crippen LogP contribution in [0.15, 0.2) is 42.6 Å². The Labute approximate surface area is 171 Å². The molecule has 2 aromatic rings. The number of hydrogen-bond donors (Lipinski definition) is 1. The fourth-order valence-electron chi connectivity index (χ4n) is 4.87. The van der Waals surface area contributed by atoms with Crippen LogP contribution in [0.5, 0.6) is 5.75 Å². The number of nitrogens with one attached hydrogen (secondary N) is 1. The fraction of sp³-hybridized carbons (Fsp3) is 0.478. The Hall–Kier alpha value is -2.60. The molecule has 1 spiro atoms. The highest BCUT2D eigenvalue weighted by Gasteiger charge is 2.55. The number of benzene rings is 1. The Morgan fingerprint density at radius 3 is 2.83 bits per heavy atom. The summed E-state index contributed by atoms with van der Waals surface area (Å²) in [6.45, 7) is 4.99. The summed E-state index contributed by atoms with van der Waals surface area (Å²) in [4.78, 5) is 18.6. The van der Waals surface area contributed by atoms with Crippen molar-refractivity contribution in [3.05, 3.63) is 59.4 Å². The first-order valence-corrected chi connectivity index (χ1v) is 10.5. The minimum atomic E-state index is -0.214. The zero-order chi connectivity index (χ0) is 19.8. The van der Waals surface area contributed by atoms with E-state index in [1.807, 2.05) is 42.6 Å². The SMILES string of the molecule is CC1NCCc2c(OC3CC4(C3)CN(C(=O)OCc3ccccc3)C4)ccnc21. The number of carbonyl (C=O) groups excluding carboxylic acids is 1. The Morgan fingerprint density at radius 1 is 1.24 bits per heavy atom. The number of fused-ring (bicyclic) bond motifs is 1. The van der Waals surface area contributed by atoms with E-state index >= 15 is 0 Å². The molecular formula is C23H27N3O3. The van der Waals surface area contributed by atoms with Crippen molar-refractivity contribution in [3.8, 4) is 5.75 Å². The molecule has 5 rings (SSSR count). The lowest BCUT2D eigenvalue weighted by molar-refractivity contribution is -0.110. The van der Waals surface area contributed by atoms with Gasteiger partial charge in [-0.15, -0.1) is 0 Å². The molecule has 2 aliphatic heterocycles. The smallest absolute Gasteiger partial charge is 0.410 e. The van der Waals surface area contributed by atoms with Crippen LogP contribution in [-0.2, 0) is 17.8 Å². The predicted octanol–water partition coefficient (Wildman–Crippen LogP) is 3.47. The van der Waals surface area contributed by atoms with Crippen molar-refractivity contribution < 1.29 is 14.3 Å². The van der Waals surface area contributed by atoms with Crippen molar-refractivity contribution in [2.24, 2.45) is 5.41 Å². The molecule has 1 N–H and O–H groups in total. The maximum Gasteiger partial charge on any atom is 0.410 e. The number of pyridine rings is 1. The summed E-state index contributed by atoms with van der Waals surface area (Å²) in [7, 11) is 0. The van der Waals surface area contributed by atoms with Crippen molar-refractivity contribution in [1.82, 2.24) is 15.2 Å². The van der Waals surface area contributed by atoms with E-state index in [-0.39, 0.29) is 23.7 Å². The molecule has 0 radical (unpaired) electrons. The Bertz CT molecular complexity index is 887. The summed E-state index contributed by atoms with van der Waals surface area (Å²) in [5.41, 5.74) is 3.59. The maximum absolute atomic E-state index is 12.2. The monoisotopic (exact) mass is 393 g/mol. The van der Waals surface area contributed by atoms with Crippen LogP contribution in [0.1, 0.15) is 42.6 Å². The molecule has 2 fully saturated rings. The first-order valence-electron chi connectivity index (χ1n) is 10.5. The third-order valence-corrected chi connectivity index (χ3v) is 6.41. The largest absolute Gasteiger partial charge is 0.490 e. The molecule has 3 aliphatic rings. The second-order valence-corrected chi connectivity index (χ2v) is 8.64. The van der Waals surface area contributed by atoms with Gasteiger partial charge in [-0.05, 0) is 44.4 Å². The molecule has 1 aromatic heterocycles. The molecule has 0 bridgehead atoms. The van der Waals surface area contributed by atoms with Gasteiger partial charge in [0, 0.05) is 36.3 Å². The molecule has 29 heavy (non-hydrogen) atoms. The molecule has 1 amide bonds. The van der Waals surface area contributed by atoms with Gasteiger partial charge in [-0.1, -0.05) is 30.3 Å². The van der Waals surface area contributed by atoms with Crippen LogP contribution >= 0.6 is 0 Å². The van der Waals surface area contributed by atoms with Crippen LogP contribution in [-0.4, -0.2) is 41.7 Å². The standard InChI is InChI=1S/C23H27N3O3/c1-16-21-19(7-9-24-16)20(8-10-25-21)29-18-11-23(12-18)14-26(15-23)22(27)28-13-17-5-3-2-4-6-17/h2-6,8,10,16,18,24H,7,9,11-15H2,1H3. The van der Waals surface area contributed by atoms with Gasteiger partial charge in [0.05, 0.1) is 5.69 Å². The molecule has 1 unspecified atom stereocenters. The molecule has 6 heteroatoms. The average Bonchev–Trinajstić information content (AvgIpc) is 2.68. The van der Waals surface area contributed by atoms with Crippen LogP contribution in [0.25, 0.3) is 0 Å². The lowest BCUT2D eigenvalue weighted by Crippen LogP contribution is -2.65. The van der Waals surface area contributed by atoms with Gasteiger partial charge in [0.2, 0.25) is 0 Å². The molecule has 1 saturated carbocycles. The molecule has 3 heterocycles. The minimum absolute atomic E-state index is 0.214. The zero-order valence-corrected chi connectivity index (χ0v) is 16.8.